The van der Waals surface area contributed by atoms with E-state index in [1.165, 1.54) is 21.3 Å². The second-order valence-electron chi connectivity index (χ2n) is 5.94. The zero-order chi connectivity index (χ0) is 18.6. The van der Waals surface area contributed by atoms with E-state index < -0.39 is 11.9 Å². The number of benzene rings is 2. The molecule has 0 amide bonds. The predicted octanol–water partition coefficient (Wildman–Crippen LogP) is 3.37. The molecule has 1 aliphatic heterocycles. The Labute approximate surface area is 148 Å². The highest BCUT2D eigenvalue weighted by Gasteiger charge is 2.31. The van der Waals surface area contributed by atoms with E-state index in [1.54, 1.807) is 19.1 Å². The number of carbonyl (C=O) groups is 2. The van der Waals surface area contributed by atoms with Gasteiger partial charge in [-0.3, -0.25) is 0 Å². The molecule has 0 N–H and O–H groups in total. The molecular formula is C19H16O7. The van der Waals surface area contributed by atoms with Gasteiger partial charge in [0.1, 0.15) is 40.4 Å². The number of carbonyl (C=O) groups excluding carboxylic acids is 2. The number of rotatable bonds is 3. The van der Waals surface area contributed by atoms with Gasteiger partial charge in [0.2, 0.25) is 0 Å². The molecule has 0 saturated heterocycles. The van der Waals surface area contributed by atoms with Crippen LogP contribution < -0.4 is 9.47 Å². The molecule has 0 radical (unpaired) electrons. The lowest BCUT2D eigenvalue weighted by atomic mass is 9.97. The summed E-state index contributed by atoms with van der Waals surface area (Å²) in [6.07, 6.45) is 0. The lowest BCUT2D eigenvalue weighted by molar-refractivity contribution is 0.0531. The average Bonchev–Trinajstić information content (AvgIpc) is 3.19. The maximum Gasteiger partial charge on any atom is 0.342 e. The third-order valence-corrected chi connectivity index (χ3v) is 4.68. The molecule has 0 bridgehead atoms. The molecular weight excluding hydrogens is 340 g/mol. The van der Waals surface area contributed by atoms with Crippen molar-refractivity contribution in [2.45, 2.75) is 13.5 Å². The first-order valence-corrected chi connectivity index (χ1v) is 7.90. The van der Waals surface area contributed by atoms with Gasteiger partial charge in [-0.15, -0.1) is 0 Å². The van der Waals surface area contributed by atoms with Crippen LogP contribution in [0.1, 0.15) is 31.8 Å². The highest BCUT2D eigenvalue weighted by atomic mass is 16.5. The van der Waals surface area contributed by atoms with E-state index in [0.29, 0.717) is 55.7 Å². The van der Waals surface area contributed by atoms with Gasteiger partial charge in [-0.25, -0.2) is 9.59 Å². The average molecular weight is 356 g/mol. The van der Waals surface area contributed by atoms with Crippen molar-refractivity contribution in [1.82, 2.24) is 0 Å². The number of aryl methyl sites for hydroxylation is 1. The Bertz CT molecular complexity index is 1090. The van der Waals surface area contributed by atoms with Crippen LogP contribution in [0.2, 0.25) is 0 Å². The van der Waals surface area contributed by atoms with E-state index in [0.717, 1.165) is 0 Å². The number of cyclic esters (lactones) is 1. The molecule has 2 aromatic carbocycles. The zero-order valence-corrected chi connectivity index (χ0v) is 14.7. The fraction of sp³-hybridized carbons (Fsp3) is 0.263. The Morgan fingerprint density at radius 2 is 1.81 bits per heavy atom. The highest BCUT2D eigenvalue weighted by Crippen LogP contribution is 2.45. The van der Waals surface area contributed by atoms with E-state index in [4.69, 9.17) is 23.4 Å². The number of hydrogen-bond donors (Lipinski definition) is 0. The Morgan fingerprint density at radius 1 is 1.08 bits per heavy atom. The van der Waals surface area contributed by atoms with Crippen LogP contribution in [-0.4, -0.2) is 33.3 Å². The minimum atomic E-state index is -0.518. The monoisotopic (exact) mass is 356 g/mol. The normalized spacial score (nSPS) is 13.0. The summed E-state index contributed by atoms with van der Waals surface area (Å²) in [5.74, 6) is -0.225. The molecule has 0 aliphatic carbocycles. The summed E-state index contributed by atoms with van der Waals surface area (Å²) >= 11 is 0. The minimum Gasteiger partial charge on any atom is -0.496 e. The molecule has 0 atom stereocenters. The van der Waals surface area contributed by atoms with E-state index in [9.17, 15) is 9.59 Å². The van der Waals surface area contributed by atoms with E-state index >= 15 is 0 Å². The molecule has 7 heteroatoms. The molecule has 134 valence electrons. The molecule has 2 heterocycles. The van der Waals surface area contributed by atoms with Crippen molar-refractivity contribution < 1.29 is 33.0 Å². The Kier molecular flexibility index (Phi) is 3.54. The Balaban J connectivity index is 2.19. The second-order valence-corrected chi connectivity index (χ2v) is 5.94. The van der Waals surface area contributed by atoms with Gasteiger partial charge in [0.15, 0.2) is 0 Å². The van der Waals surface area contributed by atoms with Crippen molar-refractivity contribution in [2.24, 2.45) is 0 Å². The van der Waals surface area contributed by atoms with Crippen LogP contribution in [0, 0.1) is 6.92 Å². The standard InChI is InChI=1S/C19H16O7/c1-8-13-12(6-10(22-2)14(8)18(20)24-4)26-11-5-9-7-25-19(21)15(9)17(23-3)16(11)13/h5-6H,7H2,1-4H3. The van der Waals surface area contributed by atoms with Crippen LogP contribution >= 0.6 is 0 Å². The van der Waals surface area contributed by atoms with E-state index in [1.807, 2.05) is 0 Å². The third-order valence-electron chi connectivity index (χ3n) is 4.68. The van der Waals surface area contributed by atoms with Crippen molar-refractivity contribution in [3.63, 3.8) is 0 Å². The minimum absolute atomic E-state index is 0.174. The van der Waals surface area contributed by atoms with E-state index in [2.05, 4.69) is 0 Å². The van der Waals surface area contributed by atoms with Crippen LogP contribution in [0.5, 0.6) is 11.5 Å². The highest BCUT2D eigenvalue weighted by molar-refractivity contribution is 6.17. The summed E-state index contributed by atoms with van der Waals surface area (Å²) in [5.41, 5.74) is 3.08. The molecule has 3 aromatic rings. The summed E-state index contributed by atoms with van der Waals surface area (Å²) in [4.78, 5) is 24.4. The topological polar surface area (TPSA) is 84.2 Å². The van der Waals surface area contributed by atoms with Gasteiger partial charge in [-0.2, -0.15) is 0 Å². The smallest absolute Gasteiger partial charge is 0.342 e. The zero-order valence-electron chi connectivity index (χ0n) is 14.7. The number of fused-ring (bicyclic) bond motifs is 4. The van der Waals surface area contributed by atoms with Gasteiger partial charge in [-0.1, -0.05) is 0 Å². The summed E-state index contributed by atoms with van der Waals surface area (Å²) < 4.78 is 26.8. The van der Waals surface area contributed by atoms with Gasteiger partial charge >= 0.3 is 11.9 Å². The van der Waals surface area contributed by atoms with Crippen molar-refractivity contribution in [3.05, 3.63) is 34.4 Å². The fourth-order valence-electron chi connectivity index (χ4n) is 3.54. The largest absolute Gasteiger partial charge is 0.496 e. The molecule has 1 aromatic heterocycles. The Hall–Kier alpha value is -3.22. The van der Waals surface area contributed by atoms with Gasteiger partial charge < -0.3 is 23.4 Å². The van der Waals surface area contributed by atoms with Crippen LogP contribution in [0.15, 0.2) is 16.5 Å². The van der Waals surface area contributed by atoms with Crippen molar-refractivity contribution in [3.8, 4) is 11.5 Å². The lowest BCUT2D eigenvalue weighted by Crippen LogP contribution is -2.07. The number of methoxy groups -OCH3 is 3. The molecule has 4 rings (SSSR count). The van der Waals surface area contributed by atoms with Crippen LogP contribution in [-0.2, 0) is 16.1 Å². The van der Waals surface area contributed by atoms with Crippen LogP contribution in [0.25, 0.3) is 21.9 Å². The predicted molar refractivity (Wildman–Crippen MR) is 92.0 cm³/mol. The Morgan fingerprint density at radius 3 is 2.46 bits per heavy atom. The maximum absolute atomic E-state index is 12.3. The molecule has 26 heavy (non-hydrogen) atoms. The molecule has 0 spiro atoms. The SMILES string of the molecule is COC(=O)c1c(OC)cc2oc3cc4c(c(OC)c3c2c1C)C(=O)OC4. The summed E-state index contributed by atoms with van der Waals surface area (Å²) in [6.45, 7) is 1.95. The molecule has 7 nitrogen and oxygen atoms in total. The first-order valence-electron chi connectivity index (χ1n) is 7.90. The summed E-state index contributed by atoms with van der Waals surface area (Å²) in [5, 5.41) is 1.28. The fourth-order valence-corrected chi connectivity index (χ4v) is 3.54. The third kappa shape index (κ3) is 2.00. The van der Waals surface area contributed by atoms with E-state index in [-0.39, 0.29) is 6.61 Å². The molecule has 0 fully saturated rings. The summed E-state index contributed by atoms with van der Waals surface area (Å²) in [6, 6.07) is 3.40. The van der Waals surface area contributed by atoms with Gasteiger partial charge in [0.25, 0.3) is 0 Å². The van der Waals surface area contributed by atoms with Gasteiger partial charge in [0.05, 0.1) is 26.7 Å². The van der Waals surface area contributed by atoms with Gasteiger partial charge in [0, 0.05) is 17.0 Å². The lowest BCUT2D eigenvalue weighted by Gasteiger charge is -2.11. The molecule has 1 aliphatic rings. The molecule has 0 unspecified atom stereocenters. The van der Waals surface area contributed by atoms with Crippen molar-refractivity contribution >= 4 is 33.9 Å². The maximum atomic E-state index is 12.3. The quantitative estimate of drug-likeness (QED) is 0.665. The van der Waals surface area contributed by atoms with Crippen molar-refractivity contribution in [1.29, 1.82) is 0 Å². The van der Waals surface area contributed by atoms with Gasteiger partial charge in [-0.05, 0) is 18.6 Å². The number of ether oxygens (including phenoxy) is 4. The summed E-state index contributed by atoms with van der Waals surface area (Å²) in [7, 11) is 4.27. The first-order chi connectivity index (χ1) is 12.5. The van der Waals surface area contributed by atoms with Crippen molar-refractivity contribution in [2.75, 3.05) is 21.3 Å². The van der Waals surface area contributed by atoms with Crippen LogP contribution in [0.3, 0.4) is 0 Å². The number of hydrogen-bond acceptors (Lipinski definition) is 7. The van der Waals surface area contributed by atoms with Crippen LogP contribution in [0.4, 0.5) is 0 Å². The molecule has 0 saturated carbocycles. The second kappa shape index (κ2) is 5.66. The number of esters is 2. The number of furan rings is 1. The first kappa shape index (κ1) is 16.3.